The van der Waals surface area contributed by atoms with Crippen molar-refractivity contribution in [2.75, 3.05) is 24.2 Å². The monoisotopic (exact) mass is 519 g/mol. The molecule has 2 aromatic rings. The van der Waals surface area contributed by atoms with Crippen molar-refractivity contribution in [1.29, 1.82) is 0 Å². The molecule has 32 heavy (non-hydrogen) atoms. The van der Waals surface area contributed by atoms with Crippen LogP contribution < -0.4 is 9.62 Å². The van der Waals surface area contributed by atoms with E-state index in [0.717, 1.165) is 10.6 Å². The highest BCUT2D eigenvalue weighted by Crippen LogP contribution is 2.29. The number of carbonyl (C=O) groups is 2. The largest absolute Gasteiger partial charge is 0.357 e. The van der Waals surface area contributed by atoms with Crippen LogP contribution in [0.5, 0.6) is 0 Å². The van der Waals surface area contributed by atoms with Crippen molar-refractivity contribution in [1.82, 2.24) is 10.2 Å². The minimum absolute atomic E-state index is 0.0312. The third-order valence-electron chi connectivity index (χ3n) is 4.80. The summed E-state index contributed by atoms with van der Waals surface area (Å²) in [6, 6.07) is 10.4. The summed E-state index contributed by atoms with van der Waals surface area (Å²) in [5, 5.41) is 3.38. The van der Waals surface area contributed by atoms with Gasteiger partial charge in [-0.25, -0.2) is 8.42 Å². The predicted molar refractivity (Wildman–Crippen MR) is 129 cm³/mol. The Hall–Kier alpha value is -2.00. The van der Waals surface area contributed by atoms with Gasteiger partial charge in [-0.15, -0.1) is 0 Å². The minimum Gasteiger partial charge on any atom is -0.357 e. The maximum atomic E-state index is 13.4. The van der Waals surface area contributed by atoms with E-state index in [9.17, 15) is 18.0 Å². The molecule has 0 unspecified atom stereocenters. The quantitative estimate of drug-likeness (QED) is 0.542. The van der Waals surface area contributed by atoms with Gasteiger partial charge in [0.15, 0.2) is 0 Å². The average Bonchev–Trinajstić information content (AvgIpc) is 2.74. The van der Waals surface area contributed by atoms with E-state index in [1.165, 1.54) is 30.1 Å². The van der Waals surface area contributed by atoms with Gasteiger partial charge in [-0.2, -0.15) is 0 Å². The SMILES string of the molecule is CC[C@@H](C(=O)NC)N(Cc1ccccc1Cl)C(=O)CN(c1ccc(Cl)c(Cl)c1)S(C)(=O)=O. The lowest BCUT2D eigenvalue weighted by Crippen LogP contribution is -2.51. The summed E-state index contributed by atoms with van der Waals surface area (Å²) in [6.07, 6.45) is 1.30. The number of nitrogens with one attached hydrogen (secondary N) is 1. The van der Waals surface area contributed by atoms with Crippen LogP contribution in [-0.4, -0.2) is 51.0 Å². The first-order valence-corrected chi connectivity index (χ1v) is 12.6. The molecule has 0 spiro atoms. The van der Waals surface area contributed by atoms with Crippen molar-refractivity contribution >= 4 is 62.3 Å². The van der Waals surface area contributed by atoms with Gasteiger partial charge in [-0.3, -0.25) is 13.9 Å². The van der Waals surface area contributed by atoms with Crippen molar-refractivity contribution in [3.8, 4) is 0 Å². The van der Waals surface area contributed by atoms with Crippen LogP contribution in [0.25, 0.3) is 0 Å². The number of amides is 2. The summed E-state index contributed by atoms with van der Waals surface area (Å²) in [4.78, 5) is 27.2. The number of hydrogen-bond donors (Lipinski definition) is 1. The molecule has 1 N–H and O–H groups in total. The van der Waals surface area contributed by atoms with Crippen LogP contribution in [0.1, 0.15) is 18.9 Å². The molecule has 0 radical (unpaired) electrons. The molecule has 1 atom stereocenters. The average molecular weight is 521 g/mol. The highest BCUT2D eigenvalue weighted by atomic mass is 35.5. The molecule has 2 amide bonds. The zero-order valence-corrected chi connectivity index (χ0v) is 20.9. The molecular weight excluding hydrogens is 497 g/mol. The maximum Gasteiger partial charge on any atom is 0.244 e. The van der Waals surface area contributed by atoms with Crippen LogP contribution in [0.4, 0.5) is 5.69 Å². The molecule has 174 valence electrons. The van der Waals surface area contributed by atoms with E-state index in [1.54, 1.807) is 31.2 Å². The van der Waals surface area contributed by atoms with Gasteiger partial charge < -0.3 is 10.2 Å². The Balaban J connectivity index is 2.46. The number of rotatable bonds is 9. The summed E-state index contributed by atoms with van der Waals surface area (Å²) >= 11 is 18.3. The maximum absolute atomic E-state index is 13.4. The lowest BCUT2D eigenvalue weighted by Gasteiger charge is -2.32. The number of nitrogens with zero attached hydrogens (tertiary/aromatic N) is 2. The van der Waals surface area contributed by atoms with Crippen LogP contribution in [0, 0.1) is 0 Å². The normalized spacial score (nSPS) is 12.2. The molecule has 0 saturated carbocycles. The Morgan fingerprint density at radius 3 is 2.22 bits per heavy atom. The van der Waals surface area contributed by atoms with E-state index >= 15 is 0 Å². The molecule has 7 nitrogen and oxygen atoms in total. The molecule has 0 aromatic heterocycles. The van der Waals surface area contributed by atoms with Gasteiger partial charge in [-0.05, 0) is 36.2 Å². The molecule has 0 bridgehead atoms. The minimum atomic E-state index is -3.86. The predicted octanol–water partition coefficient (Wildman–Crippen LogP) is 3.97. The Bertz CT molecular complexity index is 1100. The highest BCUT2D eigenvalue weighted by molar-refractivity contribution is 7.92. The van der Waals surface area contributed by atoms with Crippen LogP contribution >= 0.6 is 34.8 Å². The lowest BCUT2D eigenvalue weighted by molar-refractivity contribution is -0.140. The van der Waals surface area contributed by atoms with Gasteiger partial charge in [0.25, 0.3) is 0 Å². The summed E-state index contributed by atoms with van der Waals surface area (Å²) < 4.78 is 25.9. The molecule has 11 heteroatoms. The van der Waals surface area contributed by atoms with Crippen molar-refractivity contribution in [3.05, 3.63) is 63.1 Å². The summed E-state index contributed by atoms with van der Waals surface area (Å²) in [6.45, 7) is 1.26. The smallest absolute Gasteiger partial charge is 0.244 e. The van der Waals surface area contributed by atoms with Gasteiger partial charge in [0, 0.05) is 18.6 Å². The van der Waals surface area contributed by atoms with Crippen LogP contribution in [-0.2, 0) is 26.2 Å². The van der Waals surface area contributed by atoms with Crippen molar-refractivity contribution in [2.45, 2.75) is 25.9 Å². The molecule has 2 rings (SSSR count). The van der Waals surface area contributed by atoms with Gasteiger partial charge in [0.1, 0.15) is 12.6 Å². The topological polar surface area (TPSA) is 86.8 Å². The first-order chi connectivity index (χ1) is 15.0. The van der Waals surface area contributed by atoms with E-state index in [-0.39, 0.29) is 28.2 Å². The van der Waals surface area contributed by atoms with E-state index in [0.29, 0.717) is 17.0 Å². The number of carbonyl (C=O) groups excluding carboxylic acids is 2. The molecule has 0 saturated heterocycles. The fourth-order valence-corrected chi connectivity index (χ4v) is 4.48. The number of sulfonamides is 1. The standard InChI is InChI=1S/C21H24Cl3N3O4S/c1-4-19(21(29)25-2)26(12-14-7-5-6-8-16(14)22)20(28)13-27(32(3,30)31)15-9-10-17(23)18(24)11-15/h5-11,19H,4,12-13H2,1-3H3,(H,25,29)/t19-/m0/s1. The van der Waals surface area contributed by atoms with Crippen molar-refractivity contribution < 1.29 is 18.0 Å². The second-order valence-electron chi connectivity index (χ2n) is 7.02. The summed E-state index contributed by atoms with van der Waals surface area (Å²) in [5.74, 6) is -0.940. The third-order valence-corrected chi connectivity index (χ3v) is 7.05. The van der Waals surface area contributed by atoms with Gasteiger partial charge >= 0.3 is 0 Å². The fraction of sp³-hybridized carbons (Fsp3) is 0.333. The van der Waals surface area contributed by atoms with Gasteiger partial charge in [-0.1, -0.05) is 59.9 Å². The van der Waals surface area contributed by atoms with Crippen LogP contribution in [0.15, 0.2) is 42.5 Å². The lowest BCUT2D eigenvalue weighted by atomic mass is 10.1. The summed E-state index contributed by atoms with van der Waals surface area (Å²) in [5.41, 5.74) is 0.811. The van der Waals surface area contributed by atoms with E-state index < -0.39 is 28.5 Å². The third kappa shape index (κ3) is 6.51. The fourth-order valence-electron chi connectivity index (χ4n) is 3.15. The first-order valence-electron chi connectivity index (χ1n) is 9.66. The Morgan fingerprint density at radius 2 is 1.69 bits per heavy atom. The molecule has 0 aliphatic carbocycles. The van der Waals surface area contributed by atoms with Crippen molar-refractivity contribution in [3.63, 3.8) is 0 Å². The summed E-state index contributed by atoms with van der Waals surface area (Å²) in [7, 11) is -2.38. The number of anilines is 1. The first kappa shape index (κ1) is 26.3. The molecule has 2 aromatic carbocycles. The number of halogens is 3. The molecule has 0 aliphatic heterocycles. The van der Waals surface area contributed by atoms with E-state index in [1.807, 2.05) is 0 Å². The zero-order valence-electron chi connectivity index (χ0n) is 17.8. The molecule has 0 fully saturated rings. The number of hydrogen-bond acceptors (Lipinski definition) is 4. The zero-order chi connectivity index (χ0) is 24.1. The van der Waals surface area contributed by atoms with Crippen LogP contribution in [0.3, 0.4) is 0 Å². The Kier molecular flexibility index (Phi) is 9.21. The van der Waals surface area contributed by atoms with Gasteiger partial charge in [0.2, 0.25) is 21.8 Å². The van der Waals surface area contributed by atoms with Gasteiger partial charge in [0.05, 0.1) is 22.0 Å². The molecule has 0 heterocycles. The Labute approximate surface area is 203 Å². The highest BCUT2D eigenvalue weighted by Gasteiger charge is 2.31. The molecular formula is C21H24Cl3N3O4S. The number of benzene rings is 2. The van der Waals surface area contributed by atoms with Crippen molar-refractivity contribution in [2.24, 2.45) is 0 Å². The van der Waals surface area contributed by atoms with E-state index in [2.05, 4.69) is 5.32 Å². The van der Waals surface area contributed by atoms with Crippen LogP contribution in [0.2, 0.25) is 15.1 Å². The second-order valence-corrected chi connectivity index (χ2v) is 10.1. The molecule has 0 aliphatic rings. The van der Waals surface area contributed by atoms with E-state index in [4.69, 9.17) is 34.8 Å². The number of likely N-dealkylation sites (N-methyl/N-ethyl adjacent to an activating group) is 1. The second kappa shape index (κ2) is 11.2. The Morgan fingerprint density at radius 1 is 1.03 bits per heavy atom.